The molecule has 0 fully saturated rings. The van der Waals surface area contributed by atoms with Crippen LogP contribution in [0.25, 0.3) is 6.08 Å². The Morgan fingerprint density at radius 1 is 1.31 bits per heavy atom. The first-order valence-corrected chi connectivity index (χ1v) is 4.97. The predicted molar refractivity (Wildman–Crippen MR) is 59.5 cm³/mol. The van der Waals surface area contributed by atoms with Crippen molar-refractivity contribution in [3.05, 3.63) is 41.5 Å². The average molecular weight is 174 g/mol. The zero-order valence-corrected chi connectivity index (χ0v) is 8.75. The zero-order valence-electron chi connectivity index (χ0n) is 8.75. The summed E-state index contributed by atoms with van der Waals surface area (Å²) in [6, 6.07) is 10.5. The summed E-state index contributed by atoms with van der Waals surface area (Å²) < 4.78 is 0. The Labute approximate surface area is 81.3 Å². The summed E-state index contributed by atoms with van der Waals surface area (Å²) in [7, 11) is 0. The Morgan fingerprint density at radius 2 is 1.92 bits per heavy atom. The van der Waals surface area contributed by atoms with E-state index in [-0.39, 0.29) is 0 Å². The molecule has 0 aliphatic carbocycles. The minimum absolute atomic E-state index is 0.695. The van der Waals surface area contributed by atoms with Crippen molar-refractivity contribution in [1.82, 2.24) is 0 Å². The number of hydrogen-bond donors (Lipinski definition) is 0. The maximum absolute atomic E-state index is 2.27. The van der Waals surface area contributed by atoms with Gasteiger partial charge in [-0.1, -0.05) is 55.8 Å². The van der Waals surface area contributed by atoms with Gasteiger partial charge >= 0.3 is 0 Å². The molecule has 1 rings (SSSR count). The molecule has 0 aliphatic rings. The van der Waals surface area contributed by atoms with E-state index in [1.807, 2.05) is 0 Å². The largest absolute Gasteiger partial charge is 0.0699 e. The van der Waals surface area contributed by atoms with Crippen molar-refractivity contribution < 1.29 is 0 Å². The molecule has 0 aromatic heterocycles. The Hall–Kier alpha value is -1.04. The first-order chi connectivity index (χ1) is 6.24. The van der Waals surface area contributed by atoms with E-state index in [0.717, 1.165) is 0 Å². The minimum atomic E-state index is 0.695. The van der Waals surface area contributed by atoms with E-state index in [4.69, 9.17) is 0 Å². The van der Waals surface area contributed by atoms with Crippen LogP contribution in [0, 0.1) is 5.92 Å². The second-order valence-electron chi connectivity index (χ2n) is 3.61. The molecular formula is C13H18. The summed E-state index contributed by atoms with van der Waals surface area (Å²) in [5, 5.41) is 0. The van der Waals surface area contributed by atoms with Gasteiger partial charge in [-0.25, -0.2) is 0 Å². The van der Waals surface area contributed by atoms with Crippen LogP contribution in [0.15, 0.2) is 35.9 Å². The Balaban J connectivity index is 2.77. The van der Waals surface area contributed by atoms with E-state index < -0.39 is 0 Å². The third-order valence-electron chi connectivity index (χ3n) is 2.58. The Morgan fingerprint density at radius 3 is 2.46 bits per heavy atom. The minimum Gasteiger partial charge on any atom is -0.0699 e. The van der Waals surface area contributed by atoms with Crippen molar-refractivity contribution in [3.63, 3.8) is 0 Å². The second kappa shape index (κ2) is 4.86. The molecule has 1 unspecified atom stereocenters. The zero-order chi connectivity index (χ0) is 9.68. The van der Waals surface area contributed by atoms with Gasteiger partial charge in [0.25, 0.3) is 0 Å². The Bertz CT molecular complexity index is 269. The summed E-state index contributed by atoms with van der Waals surface area (Å²) in [4.78, 5) is 0. The van der Waals surface area contributed by atoms with Gasteiger partial charge in [-0.15, -0.1) is 0 Å². The lowest BCUT2D eigenvalue weighted by atomic mass is 9.98. The maximum Gasteiger partial charge on any atom is -0.0234 e. The highest BCUT2D eigenvalue weighted by Gasteiger charge is 1.99. The fourth-order valence-corrected chi connectivity index (χ4v) is 1.28. The molecule has 0 heteroatoms. The van der Waals surface area contributed by atoms with Gasteiger partial charge < -0.3 is 0 Å². The van der Waals surface area contributed by atoms with Gasteiger partial charge in [0.05, 0.1) is 0 Å². The first kappa shape index (κ1) is 10.0. The molecule has 1 aromatic carbocycles. The van der Waals surface area contributed by atoms with E-state index in [9.17, 15) is 0 Å². The first-order valence-electron chi connectivity index (χ1n) is 4.97. The number of benzene rings is 1. The normalized spacial score (nSPS) is 14.2. The molecule has 0 N–H and O–H groups in total. The summed E-state index contributed by atoms with van der Waals surface area (Å²) in [6.07, 6.45) is 3.49. The standard InChI is InChI=1S/C13H18/c1-4-11(2)12(3)10-13-8-6-5-7-9-13/h5-11H,4H2,1-3H3/b12-10+. The molecule has 0 bridgehead atoms. The average Bonchev–Trinajstić information content (AvgIpc) is 2.18. The lowest BCUT2D eigenvalue weighted by Crippen LogP contribution is -1.92. The lowest BCUT2D eigenvalue weighted by Gasteiger charge is -2.08. The van der Waals surface area contributed by atoms with Crippen molar-refractivity contribution in [2.75, 3.05) is 0 Å². The molecule has 0 nitrogen and oxygen atoms in total. The third kappa shape index (κ3) is 3.06. The number of rotatable bonds is 3. The Kier molecular flexibility index (Phi) is 3.75. The summed E-state index contributed by atoms with van der Waals surface area (Å²) in [5.41, 5.74) is 2.77. The molecule has 0 amide bonds. The van der Waals surface area contributed by atoms with Crippen LogP contribution in [-0.4, -0.2) is 0 Å². The highest BCUT2D eigenvalue weighted by atomic mass is 14.1. The van der Waals surface area contributed by atoms with Crippen LogP contribution in [0.1, 0.15) is 32.8 Å². The smallest absolute Gasteiger partial charge is 0.0234 e. The van der Waals surface area contributed by atoms with Gasteiger partial charge in [0.1, 0.15) is 0 Å². The van der Waals surface area contributed by atoms with Crippen LogP contribution in [-0.2, 0) is 0 Å². The van der Waals surface area contributed by atoms with E-state index in [0.29, 0.717) is 5.92 Å². The van der Waals surface area contributed by atoms with Crippen molar-refractivity contribution in [2.45, 2.75) is 27.2 Å². The predicted octanol–water partition coefficient (Wildman–Crippen LogP) is 4.14. The van der Waals surface area contributed by atoms with Crippen molar-refractivity contribution in [2.24, 2.45) is 5.92 Å². The van der Waals surface area contributed by atoms with Crippen molar-refractivity contribution in [3.8, 4) is 0 Å². The fraction of sp³-hybridized carbons (Fsp3) is 0.385. The van der Waals surface area contributed by atoms with Gasteiger partial charge in [-0.05, 0) is 24.8 Å². The van der Waals surface area contributed by atoms with Gasteiger partial charge in [0, 0.05) is 0 Å². The highest BCUT2D eigenvalue weighted by Crippen LogP contribution is 2.16. The monoisotopic (exact) mass is 174 g/mol. The molecule has 0 saturated heterocycles. The van der Waals surface area contributed by atoms with Gasteiger partial charge in [-0.3, -0.25) is 0 Å². The van der Waals surface area contributed by atoms with Crippen molar-refractivity contribution >= 4 is 6.08 Å². The molecule has 0 spiro atoms. The van der Waals surface area contributed by atoms with Crippen LogP contribution in [0.2, 0.25) is 0 Å². The van der Waals surface area contributed by atoms with Gasteiger partial charge in [-0.2, -0.15) is 0 Å². The van der Waals surface area contributed by atoms with E-state index in [1.165, 1.54) is 17.6 Å². The molecule has 0 radical (unpaired) electrons. The molecule has 70 valence electrons. The number of hydrogen-bond acceptors (Lipinski definition) is 0. The van der Waals surface area contributed by atoms with Gasteiger partial charge in [0.15, 0.2) is 0 Å². The SMILES string of the molecule is CCC(C)/C(C)=C/c1ccccc1. The summed E-state index contributed by atoms with van der Waals surface area (Å²) >= 11 is 0. The van der Waals surface area contributed by atoms with E-state index in [1.54, 1.807) is 0 Å². The maximum atomic E-state index is 2.27. The van der Waals surface area contributed by atoms with E-state index in [2.05, 4.69) is 57.2 Å². The highest BCUT2D eigenvalue weighted by molar-refractivity contribution is 5.52. The lowest BCUT2D eigenvalue weighted by molar-refractivity contribution is 0.660. The third-order valence-corrected chi connectivity index (χ3v) is 2.58. The molecule has 13 heavy (non-hydrogen) atoms. The van der Waals surface area contributed by atoms with Gasteiger partial charge in [0.2, 0.25) is 0 Å². The molecule has 0 saturated carbocycles. The molecular weight excluding hydrogens is 156 g/mol. The molecule has 0 heterocycles. The molecule has 0 aliphatic heterocycles. The van der Waals surface area contributed by atoms with Crippen LogP contribution in [0.3, 0.4) is 0 Å². The van der Waals surface area contributed by atoms with Crippen molar-refractivity contribution in [1.29, 1.82) is 0 Å². The van der Waals surface area contributed by atoms with E-state index >= 15 is 0 Å². The molecule has 1 atom stereocenters. The van der Waals surface area contributed by atoms with Crippen LogP contribution in [0.5, 0.6) is 0 Å². The van der Waals surface area contributed by atoms with Crippen LogP contribution >= 0.6 is 0 Å². The summed E-state index contributed by atoms with van der Waals surface area (Å²) in [6.45, 7) is 6.71. The second-order valence-corrected chi connectivity index (χ2v) is 3.61. The topological polar surface area (TPSA) is 0 Å². The van der Waals surface area contributed by atoms with Crippen LogP contribution in [0.4, 0.5) is 0 Å². The fourth-order valence-electron chi connectivity index (χ4n) is 1.28. The summed E-state index contributed by atoms with van der Waals surface area (Å²) in [5.74, 6) is 0.695. The van der Waals surface area contributed by atoms with Crippen LogP contribution < -0.4 is 0 Å². The number of allylic oxidation sites excluding steroid dienone is 1. The quantitative estimate of drug-likeness (QED) is 0.646. The molecule has 1 aromatic rings.